The summed E-state index contributed by atoms with van der Waals surface area (Å²) in [6.07, 6.45) is 1.70. The van der Waals surface area contributed by atoms with Crippen molar-refractivity contribution in [2.24, 2.45) is 0 Å². The lowest BCUT2D eigenvalue weighted by molar-refractivity contribution is 0.790. The van der Waals surface area contributed by atoms with E-state index < -0.39 is 0 Å². The summed E-state index contributed by atoms with van der Waals surface area (Å²) in [5.74, 6) is 0. The molecule has 1 aromatic carbocycles. The molecule has 0 atom stereocenters. The van der Waals surface area contributed by atoms with Crippen molar-refractivity contribution < 1.29 is 0 Å². The fourth-order valence-corrected chi connectivity index (χ4v) is 1.63. The summed E-state index contributed by atoms with van der Waals surface area (Å²) in [4.78, 5) is 11.7. The van der Waals surface area contributed by atoms with E-state index in [2.05, 4.69) is 0 Å². The molecule has 0 amide bonds. The van der Waals surface area contributed by atoms with E-state index in [-0.39, 0.29) is 5.43 Å². The van der Waals surface area contributed by atoms with Crippen molar-refractivity contribution in [1.82, 2.24) is 4.57 Å². The van der Waals surface area contributed by atoms with Crippen LogP contribution in [-0.2, 0) is 6.54 Å². The number of benzene rings is 1. The standard InChI is InChI=1S/C11H12N2O/c1-2-13-7-9(12)11(14)8-5-3-4-6-10(8)13/h3-7H,2,12H2,1H3. The minimum Gasteiger partial charge on any atom is -0.394 e. The highest BCUT2D eigenvalue weighted by Gasteiger charge is 2.03. The number of pyridine rings is 1. The molecule has 3 nitrogen and oxygen atoms in total. The van der Waals surface area contributed by atoms with Crippen LogP contribution in [0.15, 0.2) is 35.3 Å². The van der Waals surface area contributed by atoms with Crippen molar-refractivity contribution in [3.05, 3.63) is 40.7 Å². The van der Waals surface area contributed by atoms with E-state index in [1.165, 1.54) is 0 Å². The number of para-hydroxylation sites is 1. The lowest BCUT2D eigenvalue weighted by Gasteiger charge is -2.08. The highest BCUT2D eigenvalue weighted by molar-refractivity contribution is 5.81. The largest absolute Gasteiger partial charge is 0.394 e. The predicted octanol–water partition coefficient (Wildman–Crippen LogP) is 1.60. The van der Waals surface area contributed by atoms with Crippen molar-refractivity contribution in [3.63, 3.8) is 0 Å². The Bertz CT molecular complexity index is 528. The Morgan fingerprint density at radius 3 is 2.79 bits per heavy atom. The van der Waals surface area contributed by atoms with Gasteiger partial charge < -0.3 is 10.3 Å². The maximum Gasteiger partial charge on any atom is 0.212 e. The van der Waals surface area contributed by atoms with Gasteiger partial charge in [0.2, 0.25) is 5.43 Å². The van der Waals surface area contributed by atoms with Crippen LogP contribution in [0.4, 0.5) is 5.69 Å². The Labute approximate surface area is 81.8 Å². The number of fused-ring (bicyclic) bond motifs is 1. The zero-order valence-electron chi connectivity index (χ0n) is 8.03. The number of rotatable bonds is 1. The van der Waals surface area contributed by atoms with E-state index in [0.29, 0.717) is 11.1 Å². The van der Waals surface area contributed by atoms with Crippen molar-refractivity contribution >= 4 is 16.6 Å². The number of aryl methyl sites for hydroxylation is 1. The fraction of sp³-hybridized carbons (Fsp3) is 0.182. The van der Waals surface area contributed by atoms with Crippen molar-refractivity contribution in [2.45, 2.75) is 13.5 Å². The summed E-state index contributed by atoms with van der Waals surface area (Å²) in [5, 5.41) is 0.689. The minimum atomic E-state index is -0.0784. The van der Waals surface area contributed by atoms with Gasteiger partial charge in [0, 0.05) is 18.1 Å². The van der Waals surface area contributed by atoms with E-state index in [1.54, 1.807) is 12.3 Å². The molecule has 1 heterocycles. The van der Waals surface area contributed by atoms with E-state index >= 15 is 0 Å². The third-order valence-electron chi connectivity index (χ3n) is 2.36. The Kier molecular flexibility index (Phi) is 2.00. The van der Waals surface area contributed by atoms with Crippen LogP contribution >= 0.6 is 0 Å². The molecule has 0 saturated carbocycles. The number of hydrogen-bond donors (Lipinski definition) is 1. The first-order valence-corrected chi connectivity index (χ1v) is 4.61. The maximum atomic E-state index is 11.7. The molecule has 0 aliphatic heterocycles. The normalized spacial score (nSPS) is 10.6. The molecule has 2 N–H and O–H groups in total. The Hall–Kier alpha value is -1.77. The molecule has 72 valence electrons. The monoisotopic (exact) mass is 188 g/mol. The lowest BCUT2D eigenvalue weighted by atomic mass is 10.2. The molecule has 0 saturated heterocycles. The number of nitrogens with two attached hydrogens (primary N) is 1. The molecule has 2 rings (SSSR count). The van der Waals surface area contributed by atoms with Gasteiger partial charge in [0.05, 0.1) is 11.2 Å². The summed E-state index contributed by atoms with van der Waals surface area (Å²) in [7, 11) is 0. The van der Waals surface area contributed by atoms with Gasteiger partial charge in [-0.25, -0.2) is 0 Å². The molecule has 0 unspecified atom stereocenters. The maximum absolute atomic E-state index is 11.7. The van der Waals surface area contributed by atoms with Gasteiger partial charge in [-0.3, -0.25) is 4.79 Å². The quantitative estimate of drug-likeness (QED) is 0.739. The number of anilines is 1. The van der Waals surface area contributed by atoms with Gasteiger partial charge in [0.25, 0.3) is 0 Å². The Morgan fingerprint density at radius 1 is 1.36 bits per heavy atom. The second-order valence-electron chi connectivity index (χ2n) is 3.22. The molecule has 0 bridgehead atoms. The molecule has 0 aliphatic rings. The fourth-order valence-electron chi connectivity index (χ4n) is 1.63. The smallest absolute Gasteiger partial charge is 0.212 e. The van der Waals surface area contributed by atoms with Gasteiger partial charge in [-0.15, -0.1) is 0 Å². The molecule has 14 heavy (non-hydrogen) atoms. The number of aromatic nitrogens is 1. The molecular weight excluding hydrogens is 176 g/mol. The number of nitrogens with zero attached hydrogens (tertiary/aromatic N) is 1. The van der Waals surface area contributed by atoms with Crippen LogP contribution < -0.4 is 11.2 Å². The van der Waals surface area contributed by atoms with Crippen LogP contribution in [0, 0.1) is 0 Å². The van der Waals surface area contributed by atoms with Crippen molar-refractivity contribution in [2.75, 3.05) is 5.73 Å². The van der Waals surface area contributed by atoms with Crippen molar-refractivity contribution in [3.8, 4) is 0 Å². The molecule has 0 spiro atoms. The Balaban J connectivity index is 2.97. The van der Waals surface area contributed by atoms with E-state index in [4.69, 9.17) is 5.73 Å². The zero-order chi connectivity index (χ0) is 10.1. The third kappa shape index (κ3) is 1.18. The lowest BCUT2D eigenvalue weighted by Crippen LogP contribution is -2.13. The van der Waals surface area contributed by atoms with Gasteiger partial charge in [-0.1, -0.05) is 12.1 Å². The van der Waals surface area contributed by atoms with Gasteiger partial charge >= 0.3 is 0 Å². The SMILES string of the molecule is CCn1cc(N)c(=O)c2ccccc21. The van der Waals surface area contributed by atoms with Crippen LogP contribution in [-0.4, -0.2) is 4.57 Å². The summed E-state index contributed by atoms with van der Waals surface area (Å²) in [5.41, 5.74) is 6.80. The molecule has 3 heteroatoms. The van der Waals surface area contributed by atoms with E-state index in [0.717, 1.165) is 12.1 Å². The second-order valence-corrected chi connectivity index (χ2v) is 3.22. The molecule has 1 aromatic heterocycles. The Morgan fingerprint density at radius 2 is 2.07 bits per heavy atom. The molecule has 2 aromatic rings. The number of hydrogen-bond acceptors (Lipinski definition) is 2. The molecule has 0 fully saturated rings. The highest BCUT2D eigenvalue weighted by Crippen LogP contribution is 2.11. The van der Waals surface area contributed by atoms with E-state index in [1.807, 2.05) is 29.7 Å². The third-order valence-corrected chi connectivity index (χ3v) is 2.36. The van der Waals surface area contributed by atoms with E-state index in [9.17, 15) is 4.79 Å². The molecule has 0 aliphatic carbocycles. The zero-order valence-corrected chi connectivity index (χ0v) is 8.03. The van der Waals surface area contributed by atoms with Gasteiger partial charge in [0.15, 0.2) is 0 Å². The topological polar surface area (TPSA) is 48.0 Å². The van der Waals surface area contributed by atoms with Crippen LogP contribution in [0.3, 0.4) is 0 Å². The summed E-state index contributed by atoms with van der Waals surface area (Å²) < 4.78 is 1.98. The summed E-state index contributed by atoms with van der Waals surface area (Å²) >= 11 is 0. The van der Waals surface area contributed by atoms with Gasteiger partial charge in [-0.2, -0.15) is 0 Å². The summed E-state index contributed by atoms with van der Waals surface area (Å²) in [6.45, 7) is 2.83. The van der Waals surface area contributed by atoms with Crippen LogP contribution in [0.5, 0.6) is 0 Å². The minimum absolute atomic E-state index is 0.0784. The van der Waals surface area contributed by atoms with Gasteiger partial charge in [-0.05, 0) is 19.1 Å². The van der Waals surface area contributed by atoms with Crippen LogP contribution in [0.25, 0.3) is 10.9 Å². The van der Waals surface area contributed by atoms with Crippen LogP contribution in [0.1, 0.15) is 6.92 Å². The first-order chi connectivity index (χ1) is 6.74. The summed E-state index contributed by atoms with van der Waals surface area (Å²) in [6, 6.07) is 7.51. The average molecular weight is 188 g/mol. The average Bonchev–Trinajstić information content (AvgIpc) is 2.23. The highest BCUT2D eigenvalue weighted by atomic mass is 16.1. The number of nitrogen functional groups attached to an aromatic ring is 1. The second kappa shape index (κ2) is 3.18. The predicted molar refractivity (Wildman–Crippen MR) is 58.3 cm³/mol. The van der Waals surface area contributed by atoms with Gasteiger partial charge in [0.1, 0.15) is 0 Å². The van der Waals surface area contributed by atoms with Crippen molar-refractivity contribution in [1.29, 1.82) is 0 Å². The van der Waals surface area contributed by atoms with Crippen LogP contribution in [0.2, 0.25) is 0 Å². The molecule has 0 radical (unpaired) electrons. The molecular formula is C11H12N2O. The first kappa shape index (κ1) is 8.81. The first-order valence-electron chi connectivity index (χ1n) is 4.61.